The minimum atomic E-state index is -4.48. The lowest BCUT2D eigenvalue weighted by molar-refractivity contribution is -0.137. The summed E-state index contributed by atoms with van der Waals surface area (Å²) in [4.78, 5) is 0. The molecule has 0 spiro atoms. The summed E-state index contributed by atoms with van der Waals surface area (Å²) in [5.74, 6) is -0.663. The van der Waals surface area contributed by atoms with Gasteiger partial charge < -0.3 is 10.1 Å². The van der Waals surface area contributed by atoms with Crippen LogP contribution in [-0.2, 0) is 10.9 Å². The van der Waals surface area contributed by atoms with Crippen molar-refractivity contribution < 1.29 is 22.3 Å². The Bertz CT molecular complexity index is 420. The van der Waals surface area contributed by atoms with Gasteiger partial charge in [0, 0.05) is 12.2 Å². The lowest BCUT2D eigenvalue weighted by atomic mass is 10.0. The Morgan fingerprint density at radius 2 is 1.95 bits per heavy atom. The first-order chi connectivity index (χ1) is 9.40. The Kier molecular flexibility index (Phi) is 6.42. The summed E-state index contributed by atoms with van der Waals surface area (Å²) in [6.45, 7) is 4.86. The van der Waals surface area contributed by atoms with Crippen LogP contribution in [0, 0.1) is 5.82 Å². The molecule has 0 amide bonds. The van der Waals surface area contributed by atoms with Crippen molar-refractivity contribution in [3.8, 4) is 0 Å². The van der Waals surface area contributed by atoms with Gasteiger partial charge in [-0.2, -0.15) is 13.2 Å². The fourth-order valence-corrected chi connectivity index (χ4v) is 1.84. The Morgan fingerprint density at radius 1 is 1.25 bits per heavy atom. The minimum absolute atomic E-state index is 0.0159. The zero-order valence-corrected chi connectivity index (χ0v) is 11.6. The van der Waals surface area contributed by atoms with E-state index in [1.807, 2.05) is 6.92 Å². The third-order valence-corrected chi connectivity index (χ3v) is 2.78. The van der Waals surface area contributed by atoms with Crippen molar-refractivity contribution in [2.75, 3.05) is 19.8 Å². The average molecular weight is 293 g/mol. The van der Waals surface area contributed by atoms with Crippen LogP contribution in [0.5, 0.6) is 0 Å². The lowest BCUT2D eigenvalue weighted by Crippen LogP contribution is -2.27. The molecule has 0 aromatic heterocycles. The predicted octanol–water partition coefficient (Wildman–Crippen LogP) is 3.92. The molecule has 1 aromatic rings. The molecule has 0 bridgehead atoms. The Hall–Kier alpha value is -1.14. The summed E-state index contributed by atoms with van der Waals surface area (Å²) in [5, 5.41) is 2.94. The first-order valence-corrected chi connectivity index (χ1v) is 6.57. The lowest BCUT2D eigenvalue weighted by Gasteiger charge is -2.20. The molecule has 1 atom stereocenters. The van der Waals surface area contributed by atoms with Gasteiger partial charge in [0.2, 0.25) is 0 Å². The summed E-state index contributed by atoms with van der Waals surface area (Å²) in [5.41, 5.74) is -0.870. The highest BCUT2D eigenvalue weighted by Gasteiger charge is 2.32. The summed E-state index contributed by atoms with van der Waals surface area (Å²) in [6.07, 6.45) is -3.69. The molecule has 0 aliphatic rings. The third-order valence-electron chi connectivity index (χ3n) is 2.78. The van der Waals surface area contributed by atoms with Crippen LogP contribution in [0.2, 0.25) is 0 Å². The van der Waals surface area contributed by atoms with E-state index in [1.54, 1.807) is 6.92 Å². The van der Waals surface area contributed by atoms with E-state index in [0.29, 0.717) is 13.2 Å². The molecule has 20 heavy (non-hydrogen) atoms. The summed E-state index contributed by atoms with van der Waals surface area (Å²) >= 11 is 0. The van der Waals surface area contributed by atoms with Crippen molar-refractivity contribution in [1.29, 1.82) is 0 Å². The number of halogens is 4. The van der Waals surface area contributed by atoms with E-state index in [1.165, 1.54) is 0 Å². The summed E-state index contributed by atoms with van der Waals surface area (Å²) in [6, 6.07) is 1.85. The van der Waals surface area contributed by atoms with Gasteiger partial charge in [-0.05, 0) is 31.2 Å². The molecular formula is C14H19F4NO. The van der Waals surface area contributed by atoms with Crippen LogP contribution in [0.1, 0.15) is 37.4 Å². The first-order valence-electron chi connectivity index (χ1n) is 6.57. The minimum Gasteiger partial charge on any atom is -0.379 e. The summed E-state index contributed by atoms with van der Waals surface area (Å²) < 4.78 is 57.1. The van der Waals surface area contributed by atoms with Crippen molar-refractivity contribution in [3.05, 3.63) is 35.1 Å². The van der Waals surface area contributed by atoms with Crippen molar-refractivity contribution in [3.63, 3.8) is 0 Å². The quantitative estimate of drug-likeness (QED) is 0.607. The van der Waals surface area contributed by atoms with E-state index in [0.717, 1.165) is 24.6 Å². The number of ether oxygens (including phenoxy) is 1. The van der Waals surface area contributed by atoms with E-state index < -0.39 is 23.6 Å². The number of hydrogen-bond acceptors (Lipinski definition) is 2. The van der Waals surface area contributed by atoms with E-state index in [4.69, 9.17) is 4.74 Å². The number of alkyl halides is 3. The van der Waals surface area contributed by atoms with Gasteiger partial charge in [0.05, 0.1) is 18.2 Å². The Labute approximate surface area is 116 Å². The molecule has 2 nitrogen and oxygen atoms in total. The van der Waals surface area contributed by atoms with Crippen LogP contribution in [-0.4, -0.2) is 19.8 Å². The third kappa shape index (κ3) is 4.76. The second kappa shape index (κ2) is 7.59. The maximum atomic E-state index is 13.8. The molecule has 0 aliphatic heterocycles. The largest absolute Gasteiger partial charge is 0.416 e. The van der Waals surface area contributed by atoms with Crippen LogP contribution in [0.4, 0.5) is 17.6 Å². The average Bonchev–Trinajstić information content (AvgIpc) is 2.37. The number of likely N-dealkylation sites (N-methyl/N-ethyl adjacent to an activating group) is 1. The van der Waals surface area contributed by atoms with Gasteiger partial charge in [-0.15, -0.1) is 0 Å². The molecule has 1 unspecified atom stereocenters. The zero-order chi connectivity index (χ0) is 15.2. The zero-order valence-electron chi connectivity index (χ0n) is 11.6. The fourth-order valence-electron chi connectivity index (χ4n) is 1.84. The molecule has 1 rings (SSSR count). The maximum absolute atomic E-state index is 13.8. The van der Waals surface area contributed by atoms with E-state index in [2.05, 4.69) is 5.32 Å². The molecule has 1 aromatic carbocycles. The van der Waals surface area contributed by atoms with Gasteiger partial charge in [-0.1, -0.05) is 13.8 Å². The molecule has 114 valence electrons. The molecule has 0 radical (unpaired) electrons. The van der Waals surface area contributed by atoms with E-state index in [9.17, 15) is 17.6 Å². The van der Waals surface area contributed by atoms with Crippen LogP contribution in [0.15, 0.2) is 18.2 Å². The Balaban J connectivity index is 2.99. The smallest absolute Gasteiger partial charge is 0.379 e. The molecule has 0 saturated carbocycles. The van der Waals surface area contributed by atoms with E-state index in [-0.39, 0.29) is 12.2 Å². The highest BCUT2D eigenvalue weighted by molar-refractivity contribution is 5.29. The van der Waals surface area contributed by atoms with Gasteiger partial charge in [-0.25, -0.2) is 4.39 Å². The SMILES string of the molecule is CCCOCC(NCC)c1cc(C(F)(F)F)ccc1F. The molecular weight excluding hydrogens is 274 g/mol. The van der Waals surface area contributed by atoms with Crippen molar-refractivity contribution in [2.24, 2.45) is 0 Å². The number of rotatable bonds is 7. The van der Waals surface area contributed by atoms with Crippen molar-refractivity contribution in [2.45, 2.75) is 32.5 Å². The molecule has 0 heterocycles. The van der Waals surface area contributed by atoms with Crippen LogP contribution >= 0.6 is 0 Å². The molecule has 0 saturated heterocycles. The highest BCUT2D eigenvalue weighted by atomic mass is 19.4. The number of benzene rings is 1. The molecule has 0 aliphatic carbocycles. The van der Waals surface area contributed by atoms with Crippen LogP contribution in [0.25, 0.3) is 0 Å². The van der Waals surface area contributed by atoms with Gasteiger partial charge in [0.1, 0.15) is 5.82 Å². The Morgan fingerprint density at radius 3 is 2.50 bits per heavy atom. The normalized spacial score (nSPS) is 13.5. The van der Waals surface area contributed by atoms with Gasteiger partial charge in [0.15, 0.2) is 0 Å². The van der Waals surface area contributed by atoms with Gasteiger partial charge in [0.25, 0.3) is 0 Å². The fraction of sp³-hybridized carbons (Fsp3) is 0.571. The standard InChI is InChI=1S/C14H19F4NO/c1-3-7-20-9-13(19-4-2)11-8-10(14(16,17)18)5-6-12(11)15/h5-6,8,13,19H,3-4,7,9H2,1-2H3. The number of nitrogens with one attached hydrogen (secondary N) is 1. The summed E-state index contributed by atoms with van der Waals surface area (Å²) in [7, 11) is 0. The number of hydrogen-bond donors (Lipinski definition) is 1. The highest BCUT2D eigenvalue weighted by Crippen LogP contribution is 2.32. The van der Waals surface area contributed by atoms with Crippen LogP contribution < -0.4 is 5.32 Å². The molecule has 1 N–H and O–H groups in total. The van der Waals surface area contributed by atoms with Crippen LogP contribution in [0.3, 0.4) is 0 Å². The predicted molar refractivity (Wildman–Crippen MR) is 68.9 cm³/mol. The second-order valence-electron chi connectivity index (χ2n) is 4.42. The van der Waals surface area contributed by atoms with E-state index >= 15 is 0 Å². The first kappa shape index (κ1) is 16.9. The van der Waals surface area contributed by atoms with Gasteiger partial charge in [-0.3, -0.25) is 0 Å². The maximum Gasteiger partial charge on any atom is 0.416 e. The molecule has 0 fully saturated rings. The topological polar surface area (TPSA) is 21.3 Å². The van der Waals surface area contributed by atoms with Gasteiger partial charge >= 0.3 is 6.18 Å². The molecule has 6 heteroatoms. The second-order valence-corrected chi connectivity index (χ2v) is 4.42. The monoisotopic (exact) mass is 293 g/mol. The van der Waals surface area contributed by atoms with Crippen molar-refractivity contribution in [1.82, 2.24) is 5.32 Å². The van der Waals surface area contributed by atoms with Crippen molar-refractivity contribution >= 4 is 0 Å².